The van der Waals surface area contributed by atoms with Gasteiger partial charge in [-0.05, 0) is 68.0 Å². The molecule has 1 fully saturated rings. The van der Waals surface area contributed by atoms with E-state index in [4.69, 9.17) is 0 Å². The Morgan fingerprint density at radius 1 is 0.971 bits per heavy atom. The fourth-order valence-electron chi connectivity index (χ4n) is 5.04. The highest BCUT2D eigenvalue weighted by Crippen LogP contribution is 2.36. The van der Waals surface area contributed by atoms with Crippen LogP contribution in [0.5, 0.6) is 0 Å². The molecular weight excluding hydrogens is 427 g/mol. The van der Waals surface area contributed by atoms with Crippen molar-refractivity contribution in [2.75, 3.05) is 39.3 Å². The van der Waals surface area contributed by atoms with Crippen LogP contribution in [0, 0.1) is 28.0 Å². The Morgan fingerprint density at radius 2 is 1.56 bits per heavy atom. The number of piperazine rings is 1. The van der Waals surface area contributed by atoms with E-state index in [0.717, 1.165) is 69.7 Å². The monoisotopic (exact) mass is 464 g/mol. The molecule has 0 spiro atoms. The third-order valence-corrected chi connectivity index (χ3v) is 7.32. The molecule has 34 heavy (non-hydrogen) atoms. The maximum atomic E-state index is 13.1. The van der Waals surface area contributed by atoms with Crippen molar-refractivity contribution < 1.29 is 4.39 Å². The standard InChI is InChI=1S/C28H37FN4O/c1-23(2)28(22-30,25-8-4-3-5-9-25)15-7-17-33-20-18-32(19-21-33)16-6-10-27(31-34)24-11-13-26(29)14-12-24/h3-5,8-9,11-14,23,27H,6-7,10,15-21H2,1-2H3. The van der Waals surface area contributed by atoms with Crippen molar-refractivity contribution in [3.63, 3.8) is 0 Å². The van der Waals surface area contributed by atoms with Gasteiger partial charge in [0.15, 0.2) is 0 Å². The average molecular weight is 465 g/mol. The van der Waals surface area contributed by atoms with Gasteiger partial charge in [-0.2, -0.15) is 10.2 Å². The Hall–Kier alpha value is -2.62. The number of nitroso groups, excluding NO2 is 1. The highest BCUT2D eigenvalue weighted by atomic mass is 19.1. The van der Waals surface area contributed by atoms with E-state index >= 15 is 0 Å². The second-order valence-electron chi connectivity index (χ2n) is 9.71. The highest BCUT2D eigenvalue weighted by Gasteiger charge is 2.35. The van der Waals surface area contributed by atoms with Gasteiger partial charge in [0.05, 0.1) is 11.5 Å². The normalized spacial score (nSPS) is 17.7. The molecule has 2 atom stereocenters. The van der Waals surface area contributed by atoms with Gasteiger partial charge in [-0.3, -0.25) is 0 Å². The molecule has 1 saturated heterocycles. The lowest BCUT2D eigenvalue weighted by atomic mass is 9.70. The zero-order chi connectivity index (χ0) is 24.4. The van der Waals surface area contributed by atoms with Crippen LogP contribution in [0.25, 0.3) is 0 Å². The summed E-state index contributed by atoms with van der Waals surface area (Å²) in [7, 11) is 0. The first-order valence-corrected chi connectivity index (χ1v) is 12.5. The summed E-state index contributed by atoms with van der Waals surface area (Å²) in [6.07, 6.45) is 3.45. The summed E-state index contributed by atoms with van der Waals surface area (Å²) < 4.78 is 13.1. The number of hydrogen-bond donors (Lipinski definition) is 0. The lowest BCUT2D eigenvalue weighted by Gasteiger charge is -2.36. The summed E-state index contributed by atoms with van der Waals surface area (Å²) in [4.78, 5) is 16.2. The molecule has 1 aliphatic heterocycles. The molecule has 6 heteroatoms. The number of halogens is 1. The molecule has 3 rings (SSSR count). The Balaban J connectivity index is 1.40. The van der Waals surface area contributed by atoms with Crippen LogP contribution in [-0.4, -0.2) is 49.1 Å². The molecule has 0 saturated carbocycles. The lowest BCUT2D eigenvalue weighted by molar-refractivity contribution is 0.126. The van der Waals surface area contributed by atoms with Gasteiger partial charge >= 0.3 is 0 Å². The van der Waals surface area contributed by atoms with Crippen molar-refractivity contribution in [1.29, 1.82) is 5.26 Å². The van der Waals surface area contributed by atoms with Crippen LogP contribution in [0.1, 0.15) is 56.7 Å². The van der Waals surface area contributed by atoms with Crippen molar-refractivity contribution in [3.05, 3.63) is 76.4 Å². The predicted molar refractivity (Wildman–Crippen MR) is 135 cm³/mol. The van der Waals surface area contributed by atoms with Crippen LogP contribution in [0.4, 0.5) is 4.39 Å². The van der Waals surface area contributed by atoms with Gasteiger partial charge in [0, 0.05) is 26.2 Å². The van der Waals surface area contributed by atoms with E-state index in [9.17, 15) is 14.6 Å². The van der Waals surface area contributed by atoms with Crippen molar-refractivity contribution in [3.8, 4) is 6.07 Å². The van der Waals surface area contributed by atoms with Crippen LogP contribution >= 0.6 is 0 Å². The van der Waals surface area contributed by atoms with E-state index < -0.39 is 11.5 Å². The summed E-state index contributed by atoms with van der Waals surface area (Å²) in [5.41, 5.74) is 1.48. The molecule has 1 aliphatic rings. The lowest BCUT2D eigenvalue weighted by Crippen LogP contribution is -2.47. The number of benzene rings is 2. The van der Waals surface area contributed by atoms with Crippen LogP contribution in [-0.2, 0) is 5.41 Å². The van der Waals surface area contributed by atoms with Gasteiger partial charge in [0.1, 0.15) is 11.9 Å². The molecular formula is C28H37FN4O. The smallest absolute Gasteiger partial charge is 0.123 e. The molecule has 0 bridgehead atoms. The molecule has 2 aromatic rings. The van der Waals surface area contributed by atoms with Crippen molar-refractivity contribution in [1.82, 2.24) is 9.80 Å². The second kappa shape index (κ2) is 12.7. The first kappa shape index (κ1) is 26.0. The van der Waals surface area contributed by atoms with Crippen LogP contribution in [0.15, 0.2) is 59.8 Å². The van der Waals surface area contributed by atoms with Gasteiger partial charge in [-0.15, -0.1) is 0 Å². The number of nitriles is 1. The fraction of sp³-hybridized carbons (Fsp3) is 0.536. The second-order valence-corrected chi connectivity index (χ2v) is 9.71. The third-order valence-electron chi connectivity index (χ3n) is 7.32. The maximum absolute atomic E-state index is 13.1. The Kier molecular flexibility index (Phi) is 9.74. The van der Waals surface area contributed by atoms with Gasteiger partial charge in [0.25, 0.3) is 0 Å². The first-order chi connectivity index (χ1) is 16.5. The largest absolute Gasteiger partial charge is 0.301 e. The van der Waals surface area contributed by atoms with Gasteiger partial charge in [-0.25, -0.2) is 4.39 Å². The van der Waals surface area contributed by atoms with Gasteiger partial charge in [0.2, 0.25) is 0 Å². The minimum Gasteiger partial charge on any atom is -0.301 e. The molecule has 0 aromatic heterocycles. The quantitative estimate of drug-likeness (QED) is 0.365. The molecule has 0 amide bonds. The molecule has 0 aliphatic carbocycles. The van der Waals surface area contributed by atoms with E-state index in [2.05, 4.69) is 47.0 Å². The molecule has 5 nitrogen and oxygen atoms in total. The molecule has 0 N–H and O–H groups in total. The molecule has 0 radical (unpaired) electrons. The molecule has 2 aromatic carbocycles. The van der Waals surface area contributed by atoms with Gasteiger partial charge < -0.3 is 9.80 Å². The molecule has 1 heterocycles. The maximum Gasteiger partial charge on any atom is 0.123 e. The Bertz CT molecular complexity index is 920. The van der Waals surface area contributed by atoms with Crippen molar-refractivity contribution >= 4 is 0 Å². The Morgan fingerprint density at radius 3 is 2.09 bits per heavy atom. The van der Waals surface area contributed by atoms with Gasteiger partial charge in [-0.1, -0.05) is 61.5 Å². The number of hydrogen-bond acceptors (Lipinski definition) is 5. The summed E-state index contributed by atoms with van der Waals surface area (Å²) in [5, 5.41) is 13.3. The predicted octanol–water partition coefficient (Wildman–Crippen LogP) is 5.93. The van der Waals surface area contributed by atoms with Crippen LogP contribution in [0.2, 0.25) is 0 Å². The number of nitrogens with zero attached hydrogens (tertiary/aromatic N) is 4. The summed E-state index contributed by atoms with van der Waals surface area (Å²) in [6.45, 7) is 10.3. The van der Waals surface area contributed by atoms with E-state index in [0.29, 0.717) is 6.42 Å². The third kappa shape index (κ3) is 6.71. The van der Waals surface area contributed by atoms with E-state index in [1.807, 2.05) is 18.2 Å². The van der Waals surface area contributed by atoms with Crippen molar-refractivity contribution in [2.24, 2.45) is 11.1 Å². The summed E-state index contributed by atoms with van der Waals surface area (Å²) >= 11 is 0. The zero-order valence-electron chi connectivity index (χ0n) is 20.5. The topological polar surface area (TPSA) is 59.7 Å². The Labute approximate surface area is 203 Å². The van der Waals surface area contributed by atoms with Crippen LogP contribution in [0.3, 0.4) is 0 Å². The van der Waals surface area contributed by atoms with E-state index in [1.54, 1.807) is 12.1 Å². The fourth-order valence-corrected chi connectivity index (χ4v) is 5.04. The molecule has 182 valence electrons. The minimum absolute atomic E-state index is 0.260. The minimum atomic E-state index is -0.434. The molecule has 2 unspecified atom stereocenters. The SMILES string of the molecule is CC(C)C(C#N)(CCCN1CCN(CCCC(N=O)c2ccc(F)cc2)CC1)c1ccccc1. The zero-order valence-corrected chi connectivity index (χ0v) is 20.5. The van der Waals surface area contributed by atoms with E-state index in [-0.39, 0.29) is 11.7 Å². The van der Waals surface area contributed by atoms with E-state index in [1.165, 1.54) is 12.1 Å². The summed E-state index contributed by atoms with van der Waals surface area (Å²) in [5.74, 6) is -0.0369. The first-order valence-electron chi connectivity index (χ1n) is 12.5. The van der Waals surface area contributed by atoms with Crippen molar-refractivity contribution in [2.45, 2.75) is 51.0 Å². The number of rotatable bonds is 12. The average Bonchev–Trinajstić information content (AvgIpc) is 2.86. The highest BCUT2D eigenvalue weighted by molar-refractivity contribution is 5.33. The van der Waals surface area contributed by atoms with Crippen LogP contribution < -0.4 is 0 Å². The summed E-state index contributed by atoms with van der Waals surface area (Å²) in [6, 6.07) is 18.5.